The Labute approximate surface area is 115 Å². The molecule has 6 heteroatoms. The van der Waals surface area contributed by atoms with Crippen LogP contribution >= 0.6 is 11.6 Å². The normalized spacial score (nSPS) is 11.3. The molecule has 0 aliphatic heterocycles. The fourth-order valence-corrected chi connectivity index (χ4v) is 2.53. The fraction of sp³-hybridized carbons (Fsp3) is 0.231. The third-order valence-corrected chi connectivity index (χ3v) is 3.57. The number of imidazole rings is 1. The second-order valence-electron chi connectivity index (χ2n) is 4.43. The van der Waals surface area contributed by atoms with Crippen LogP contribution < -0.4 is 5.73 Å². The van der Waals surface area contributed by atoms with E-state index in [-0.39, 0.29) is 0 Å². The number of nitrogens with zero attached hydrogens (tertiary/aromatic N) is 4. The van der Waals surface area contributed by atoms with Gasteiger partial charge in [-0.05, 0) is 18.2 Å². The molecule has 1 aromatic carbocycles. The smallest absolute Gasteiger partial charge is 0.201 e. The van der Waals surface area contributed by atoms with Crippen LogP contribution in [0, 0.1) is 0 Å². The lowest BCUT2D eigenvalue weighted by Gasteiger charge is -2.07. The average Bonchev–Trinajstić information content (AvgIpc) is 2.91. The maximum absolute atomic E-state index is 6.23. The molecular formula is C13H14ClN5. The molecule has 0 fully saturated rings. The minimum Gasteiger partial charge on any atom is -0.369 e. The summed E-state index contributed by atoms with van der Waals surface area (Å²) in [5.41, 5.74) is 8.84. The summed E-state index contributed by atoms with van der Waals surface area (Å²) in [5.74, 6) is 0.491. The van der Waals surface area contributed by atoms with Gasteiger partial charge >= 0.3 is 0 Å². The molecule has 0 saturated heterocycles. The molecule has 3 aromatic rings. The van der Waals surface area contributed by atoms with Crippen molar-refractivity contribution in [2.45, 2.75) is 13.0 Å². The largest absolute Gasteiger partial charge is 0.369 e. The first-order valence-corrected chi connectivity index (χ1v) is 6.41. The Kier molecular flexibility index (Phi) is 2.91. The molecule has 5 nitrogen and oxygen atoms in total. The number of fused-ring (bicyclic) bond motifs is 1. The minimum absolute atomic E-state index is 0.491. The second kappa shape index (κ2) is 4.59. The van der Waals surface area contributed by atoms with Crippen molar-refractivity contribution in [3.05, 3.63) is 41.2 Å². The van der Waals surface area contributed by atoms with E-state index >= 15 is 0 Å². The highest BCUT2D eigenvalue weighted by atomic mass is 35.5. The number of anilines is 1. The zero-order valence-corrected chi connectivity index (χ0v) is 11.3. The number of hydrogen-bond donors (Lipinski definition) is 1. The highest BCUT2D eigenvalue weighted by Gasteiger charge is 2.11. The molecule has 0 aliphatic rings. The van der Waals surface area contributed by atoms with Crippen molar-refractivity contribution in [2.24, 2.45) is 7.05 Å². The van der Waals surface area contributed by atoms with Crippen molar-refractivity contribution < 1.29 is 0 Å². The van der Waals surface area contributed by atoms with Crippen molar-refractivity contribution in [1.29, 1.82) is 0 Å². The van der Waals surface area contributed by atoms with Crippen LogP contribution in [0.4, 0.5) is 5.95 Å². The van der Waals surface area contributed by atoms with Crippen LogP contribution in [0.3, 0.4) is 0 Å². The summed E-state index contributed by atoms with van der Waals surface area (Å²) in [4.78, 5) is 4.33. The molecule has 19 heavy (non-hydrogen) atoms. The van der Waals surface area contributed by atoms with Crippen LogP contribution in [-0.2, 0) is 20.0 Å². The van der Waals surface area contributed by atoms with Gasteiger partial charge in [-0.2, -0.15) is 5.10 Å². The Morgan fingerprint density at radius 2 is 2.16 bits per heavy atom. The number of para-hydroxylation sites is 1. The summed E-state index contributed by atoms with van der Waals surface area (Å²) < 4.78 is 3.81. The summed E-state index contributed by atoms with van der Waals surface area (Å²) >= 11 is 6.23. The second-order valence-corrected chi connectivity index (χ2v) is 4.83. The maximum Gasteiger partial charge on any atom is 0.201 e. The van der Waals surface area contributed by atoms with Crippen LogP contribution in [0.2, 0.25) is 5.02 Å². The van der Waals surface area contributed by atoms with E-state index < -0.39 is 0 Å². The number of rotatable bonds is 3. The van der Waals surface area contributed by atoms with E-state index in [1.54, 1.807) is 6.20 Å². The van der Waals surface area contributed by atoms with Crippen molar-refractivity contribution in [3.8, 4) is 0 Å². The summed E-state index contributed by atoms with van der Waals surface area (Å²) in [7, 11) is 1.93. The van der Waals surface area contributed by atoms with Crippen LogP contribution in [0.15, 0.2) is 30.5 Å². The molecule has 0 atom stereocenters. The Morgan fingerprint density at radius 1 is 1.32 bits per heavy atom. The molecule has 0 saturated carbocycles. The predicted octanol–water partition coefficient (Wildman–Crippen LogP) is 2.25. The zero-order valence-electron chi connectivity index (χ0n) is 10.5. The van der Waals surface area contributed by atoms with Crippen molar-refractivity contribution in [3.63, 3.8) is 0 Å². The van der Waals surface area contributed by atoms with E-state index in [9.17, 15) is 0 Å². The highest BCUT2D eigenvalue weighted by molar-refractivity contribution is 6.35. The molecule has 0 amide bonds. The molecule has 0 radical (unpaired) electrons. The van der Waals surface area contributed by atoms with E-state index in [0.29, 0.717) is 11.0 Å². The quantitative estimate of drug-likeness (QED) is 0.797. The first-order chi connectivity index (χ1) is 9.16. The highest BCUT2D eigenvalue weighted by Crippen LogP contribution is 2.25. The minimum atomic E-state index is 0.491. The number of aromatic nitrogens is 4. The van der Waals surface area contributed by atoms with Gasteiger partial charge in [0.2, 0.25) is 5.95 Å². The Morgan fingerprint density at radius 3 is 2.89 bits per heavy atom. The number of halogens is 1. The molecule has 3 rings (SSSR count). The molecule has 2 aromatic heterocycles. The van der Waals surface area contributed by atoms with Crippen LogP contribution in [-0.4, -0.2) is 19.3 Å². The van der Waals surface area contributed by atoms with Crippen molar-refractivity contribution in [1.82, 2.24) is 19.3 Å². The number of benzene rings is 1. The molecular weight excluding hydrogens is 262 g/mol. The van der Waals surface area contributed by atoms with Gasteiger partial charge in [0.1, 0.15) is 0 Å². The van der Waals surface area contributed by atoms with Crippen LogP contribution in [0.1, 0.15) is 5.69 Å². The van der Waals surface area contributed by atoms with Crippen LogP contribution in [0.25, 0.3) is 11.0 Å². The monoisotopic (exact) mass is 275 g/mol. The Balaban J connectivity index is 1.97. The maximum atomic E-state index is 6.23. The molecule has 0 bridgehead atoms. The standard InChI is InChI=1S/C13H14ClN5/c1-18-9(5-7-16-18)6-8-19-12-10(14)3-2-4-11(12)17-13(19)15/h2-5,7H,6,8H2,1H3,(H2,15,17). The average molecular weight is 276 g/mol. The molecule has 0 unspecified atom stereocenters. The first-order valence-electron chi connectivity index (χ1n) is 6.04. The van der Waals surface area contributed by atoms with E-state index in [1.807, 2.05) is 40.6 Å². The summed E-state index contributed by atoms with van der Waals surface area (Å²) in [6, 6.07) is 7.64. The molecule has 2 heterocycles. The summed E-state index contributed by atoms with van der Waals surface area (Å²) in [6.07, 6.45) is 2.62. The van der Waals surface area contributed by atoms with Gasteiger partial charge in [0.05, 0.1) is 16.1 Å². The molecule has 2 N–H and O–H groups in total. The summed E-state index contributed by atoms with van der Waals surface area (Å²) in [5, 5.41) is 4.83. The van der Waals surface area contributed by atoms with E-state index in [1.165, 1.54) is 0 Å². The van der Waals surface area contributed by atoms with Crippen LogP contribution in [0.5, 0.6) is 0 Å². The predicted molar refractivity (Wildman–Crippen MR) is 76.1 cm³/mol. The van der Waals surface area contributed by atoms with Gasteiger partial charge in [0.15, 0.2) is 0 Å². The van der Waals surface area contributed by atoms with Gasteiger partial charge < -0.3 is 10.3 Å². The lowest BCUT2D eigenvalue weighted by molar-refractivity contribution is 0.651. The van der Waals surface area contributed by atoms with Gasteiger partial charge in [0.25, 0.3) is 0 Å². The van der Waals surface area contributed by atoms with E-state index in [2.05, 4.69) is 10.1 Å². The SMILES string of the molecule is Cn1nccc1CCn1c(N)nc2cccc(Cl)c21. The molecule has 98 valence electrons. The zero-order chi connectivity index (χ0) is 13.4. The van der Waals surface area contributed by atoms with Crippen molar-refractivity contribution in [2.75, 3.05) is 5.73 Å². The third-order valence-electron chi connectivity index (χ3n) is 3.26. The van der Waals surface area contributed by atoms with Crippen molar-refractivity contribution >= 4 is 28.6 Å². The number of nitrogen functional groups attached to an aromatic ring is 1. The van der Waals surface area contributed by atoms with Gasteiger partial charge in [0, 0.05) is 31.9 Å². The van der Waals surface area contributed by atoms with Gasteiger partial charge in [-0.1, -0.05) is 17.7 Å². The number of nitrogens with two attached hydrogens (primary N) is 1. The number of aryl methyl sites for hydroxylation is 3. The lowest BCUT2D eigenvalue weighted by atomic mass is 10.3. The number of hydrogen-bond acceptors (Lipinski definition) is 3. The molecule has 0 spiro atoms. The summed E-state index contributed by atoms with van der Waals surface area (Å²) in [6.45, 7) is 0.728. The first kappa shape index (κ1) is 12.0. The fourth-order valence-electron chi connectivity index (χ4n) is 2.26. The van der Waals surface area contributed by atoms with E-state index in [0.717, 1.165) is 29.7 Å². The van der Waals surface area contributed by atoms with Gasteiger partial charge in [-0.3, -0.25) is 4.68 Å². The molecule has 0 aliphatic carbocycles. The van der Waals surface area contributed by atoms with Gasteiger partial charge in [-0.15, -0.1) is 0 Å². The Bertz CT molecular complexity index is 728. The third kappa shape index (κ3) is 2.06. The lowest BCUT2D eigenvalue weighted by Crippen LogP contribution is -2.08. The Hall–Kier alpha value is -2.01. The van der Waals surface area contributed by atoms with E-state index in [4.69, 9.17) is 17.3 Å². The topological polar surface area (TPSA) is 61.7 Å². The van der Waals surface area contributed by atoms with Gasteiger partial charge in [-0.25, -0.2) is 4.98 Å².